The Balaban J connectivity index is 2.65. The molecule has 9 heavy (non-hydrogen) atoms. The van der Waals surface area contributed by atoms with Crippen LogP contribution >= 0.6 is 23.5 Å². The first kappa shape index (κ1) is 7.05. The summed E-state index contributed by atoms with van der Waals surface area (Å²) in [5, 5.41) is 1.38. The molecule has 1 nitrogen and oxygen atoms in total. The predicted molar refractivity (Wildman–Crippen MR) is 39.9 cm³/mol. The molecule has 0 saturated heterocycles. The van der Waals surface area contributed by atoms with E-state index in [0.29, 0.717) is 0 Å². The van der Waals surface area contributed by atoms with E-state index in [-0.39, 0.29) is 12.1 Å². The molecule has 2 N–H and O–H groups in total. The summed E-state index contributed by atoms with van der Waals surface area (Å²) in [4.78, 5) is 0.877. The van der Waals surface area contributed by atoms with Crippen molar-refractivity contribution in [2.24, 2.45) is 5.73 Å². The fourth-order valence-electron chi connectivity index (χ4n) is 0.497. The Hall–Kier alpha value is -0.0600. The van der Waals surface area contributed by atoms with E-state index in [1.54, 1.807) is 0 Å². The van der Waals surface area contributed by atoms with Gasteiger partial charge in [0, 0.05) is 4.88 Å². The van der Waals surface area contributed by atoms with Gasteiger partial charge < -0.3 is 5.73 Å². The van der Waals surface area contributed by atoms with Crippen molar-refractivity contribution in [3.8, 4) is 0 Å². The molecule has 1 atom stereocenters. The van der Waals surface area contributed by atoms with Gasteiger partial charge in [-0.3, -0.25) is 0 Å². The van der Waals surface area contributed by atoms with Crippen LogP contribution in [-0.2, 0) is 0 Å². The van der Waals surface area contributed by atoms with Crippen molar-refractivity contribution in [2.45, 2.75) is 5.37 Å². The maximum atomic E-state index is 11.7. The third-order valence-corrected chi connectivity index (χ3v) is 2.47. The molecule has 1 heterocycles. The molecule has 50 valence electrons. The summed E-state index contributed by atoms with van der Waals surface area (Å²) < 4.78 is 11.7. The Morgan fingerprint density at radius 1 is 1.78 bits per heavy atom. The summed E-state index contributed by atoms with van der Waals surface area (Å²) in [6.07, 6.45) is 0. The summed E-state index contributed by atoms with van der Waals surface area (Å²) in [6.45, 7) is 0. The number of halogens is 1. The molecule has 1 unspecified atom stereocenters. The second kappa shape index (κ2) is 3.20. The van der Waals surface area contributed by atoms with Crippen molar-refractivity contribution >= 4 is 23.5 Å². The van der Waals surface area contributed by atoms with Gasteiger partial charge in [-0.05, 0) is 11.4 Å². The van der Waals surface area contributed by atoms with Gasteiger partial charge in [-0.25, -0.2) is 0 Å². The third kappa shape index (κ3) is 1.67. The molecule has 0 spiro atoms. The van der Waals surface area contributed by atoms with Crippen LogP contribution in [0.5, 0.6) is 0 Å². The molecule has 1 aromatic rings. The molecule has 0 radical (unpaired) electrons. The second-order valence-corrected chi connectivity index (χ2v) is 3.19. The molecule has 0 saturated carbocycles. The van der Waals surface area contributed by atoms with Crippen LogP contribution in [0.25, 0.3) is 0 Å². The average molecular weight is 163 g/mol. The van der Waals surface area contributed by atoms with E-state index >= 15 is 0 Å². The first-order valence-electron chi connectivity index (χ1n) is 2.41. The molecular weight excluding hydrogens is 157 g/mol. The molecule has 0 amide bonds. The third-order valence-electron chi connectivity index (χ3n) is 0.920. The number of hydrogen-bond donors (Lipinski definition) is 1. The van der Waals surface area contributed by atoms with Crippen molar-refractivity contribution < 1.29 is 3.89 Å². The fraction of sp³-hybridized carbons (Fsp3) is 0.200. The number of nitrogens with two attached hydrogens (primary N) is 1. The highest BCUT2D eigenvalue weighted by Gasteiger charge is 2.05. The van der Waals surface area contributed by atoms with E-state index in [2.05, 4.69) is 0 Å². The lowest BCUT2D eigenvalue weighted by atomic mass is 10.5. The van der Waals surface area contributed by atoms with Crippen LogP contribution in [-0.4, -0.2) is 0 Å². The molecule has 0 aromatic carbocycles. The number of thiophene rings is 1. The standard InChI is InChI=1S/C5H6FNS2/c6-9-5(7)4-2-1-3-8-4/h1-3,5H,7H2. The van der Waals surface area contributed by atoms with Crippen molar-refractivity contribution in [1.82, 2.24) is 0 Å². The second-order valence-electron chi connectivity index (χ2n) is 1.53. The van der Waals surface area contributed by atoms with Gasteiger partial charge in [-0.1, -0.05) is 6.07 Å². The van der Waals surface area contributed by atoms with Gasteiger partial charge in [-0.15, -0.1) is 11.3 Å². The highest BCUT2D eigenvalue weighted by Crippen LogP contribution is 2.26. The number of rotatable bonds is 2. The Labute approximate surface area is 61.4 Å². The lowest BCUT2D eigenvalue weighted by molar-refractivity contribution is 0.895. The van der Waals surface area contributed by atoms with Crippen molar-refractivity contribution in [3.05, 3.63) is 22.4 Å². The van der Waals surface area contributed by atoms with Crippen LogP contribution in [0.1, 0.15) is 10.3 Å². The van der Waals surface area contributed by atoms with Gasteiger partial charge in [0.15, 0.2) is 0 Å². The van der Waals surface area contributed by atoms with E-state index in [4.69, 9.17) is 5.73 Å². The first-order chi connectivity index (χ1) is 4.34. The Kier molecular flexibility index (Phi) is 2.50. The smallest absolute Gasteiger partial charge is 0.117 e. The summed E-state index contributed by atoms with van der Waals surface area (Å²) in [5.41, 5.74) is 5.34. The van der Waals surface area contributed by atoms with Crippen LogP contribution in [0, 0.1) is 0 Å². The Morgan fingerprint density at radius 3 is 3.00 bits per heavy atom. The monoisotopic (exact) mass is 163 g/mol. The lowest BCUT2D eigenvalue weighted by Crippen LogP contribution is -2.00. The van der Waals surface area contributed by atoms with E-state index in [1.807, 2.05) is 17.5 Å². The highest BCUT2D eigenvalue weighted by atomic mass is 32.2. The zero-order chi connectivity index (χ0) is 6.69. The fourth-order valence-corrected chi connectivity index (χ4v) is 1.54. The molecular formula is C5H6FNS2. The first-order valence-corrected chi connectivity index (χ1v) is 4.07. The Bertz CT molecular complexity index is 163. The van der Waals surface area contributed by atoms with Crippen LogP contribution in [0.2, 0.25) is 0 Å². The molecule has 0 fully saturated rings. The molecule has 0 bridgehead atoms. The minimum Gasteiger partial charge on any atom is -0.313 e. The van der Waals surface area contributed by atoms with Gasteiger partial charge in [0.05, 0.1) is 12.1 Å². The molecule has 1 rings (SSSR count). The normalized spacial score (nSPS) is 13.6. The minimum absolute atomic E-state index is 0.171. The molecule has 0 aliphatic rings. The maximum absolute atomic E-state index is 11.7. The van der Waals surface area contributed by atoms with E-state index < -0.39 is 5.37 Å². The summed E-state index contributed by atoms with van der Waals surface area (Å²) in [6, 6.07) is 3.68. The molecule has 0 aliphatic heterocycles. The predicted octanol–water partition coefficient (Wildman–Crippen LogP) is 2.32. The molecule has 4 heteroatoms. The minimum atomic E-state index is -0.495. The van der Waals surface area contributed by atoms with Crippen molar-refractivity contribution in [1.29, 1.82) is 0 Å². The van der Waals surface area contributed by atoms with Gasteiger partial charge in [-0.2, -0.15) is 3.89 Å². The quantitative estimate of drug-likeness (QED) is 0.677. The van der Waals surface area contributed by atoms with E-state index in [1.165, 1.54) is 11.3 Å². The lowest BCUT2D eigenvalue weighted by Gasteiger charge is -1.98. The van der Waals surface area contributed by atoms with Crippen molar-refractivity contribution in [2.75, 3.05) is 0 Å². The summed E-state index contributed by atoms with van der Waals surface area (Å²) >= 11 is 1.64. The van der Waals surface area contributed by atoms with Crippen LogP contribution in [0.3, 0.4) is 0 Å². The van der Waals surface area contributed by atoms with Gasteiger partial charge in [0.1, 0.15) is 5.37 Å². The maximum Gasteiger partial charge on any atom is 0.117 e. The van der Waals surface area contributed by atoms with Gasteiger partial charge >= 0.3 is 0 Å². The summed E-state index contributed by atoms with van der Waals surface area (Å²) in [7, 11) is 0. The zero-order valence-corrected chi connectivity index (χ0v) is 6.21. The molecule has 0 aliphatic carbocycles. The highest BCUT2D eigenvalue weighted by molar-refractivity contribution is 7.94. The van der Waals surface area contributed by atoms with Crippen molar-refractivity contribution in [3.63, 3.8) is 0 Å². The van der Waals surface area contributed by atoms with E-state index in [0.717, 1.165) is 4.88 Å². The average Bonchev–Trinajstić information content (AvgIpc) is 2.37. The van der Waals surface area contributed by atoms with E-state index in [9.17, 15) is 3.89 Å². The summed E-state index contributed by atoms with van der Waals surface area (Å²) in [5.74, 6) is 0. The Morgan fingerprint density at radius 2 is 2.56 bits per heavy atom. The molecule has 1 aromatic heterocycles. The van der Waals surface area contributed by atoms with Gasteiger partial charge in [0.25, 0.3) is 0 Å². The topological polar surface area (TPSA) is 26.0 Å². The van der Waals surface area contributed by atoms with Crippen LogP contribution in [0.4, 0.5) is 3.89 Å². The largest absolute Gasteiger partial charge is 0.313 e. The van der Waals surface area contributed by atoms with Gasteiger partial charge in [0.2, 0.25) is 0 Å². The van der Waals surface area contributed by atoms with Crippen LogP contribution < -0.4 is 5.73 Å². The number of hydrogen-bond acceptors (Lipinski definition) is 3. The SMILES string of the molecule is NC(SF)c1cccs1. The zero-order valence-electron chi connectivity index (χ0n) is 4.58. The van der Waals surface area contributed by atoms with Crippen LogP contribution in [0.15, 0.2) is 17.5 Å².